The number of aromatic nitrogens is 2. The van der Waals surface area contributed by atoms with E-state index in [0.29, 0.717) is 30.2 Å². The van der Waals surface area contributed by atoms with Crippen molar-refractivity contribution in [2.45, 2.75) is 45.8 Å². The van der Waals surface area contributed by atoms with Gasteiger partial charge in [-0.25, -0.2) is 9.97 Å². The molecule has 1 aromatic rings. The quantitative estimate of drug-likeness (QED) is 0.788. The molecule has 1 aromatic heterocycles. The van der Waals surface area contributed by atoms with E-state index in [9.17, 15) is 0 Å². The lowest BCUT2D eigenvalue weighted by molar-refractivity contribution is 0.128. The van der Waals surface area contributed by atoms with E-state index < -0.39 is 0 Å². The summed E-state index contributed by atoms with van der Waals surface area (Å²) in [6.07, 6.45) is 3.72. The van der Waals surface area contributed by atoms with Gasteiger partial charge in [0.2, 0.25) is 0 Å². The number of anilines is 1. The molecule has 100 valence electrons. The largest absolute Gasteiger partial charge is 0.374 e. The Balaban J connectivity index is 2.18. The van der Waals surface area contributed by atoms with E-state index in [2.05, 4.69) is 21.8 Å². The molecule has 4 nitrogen and oxygen atoms in total. The van der Waals surface area contributed by atoms with Crippen molar-refractivity contribution in [3.05, 3.63) is 17.0 Å². The average molecular weight is 270 g/mol. The molecule has 1 fully saturated rings. The Hall–Kier alpha value is -0.870. The zero-order valence-corrected chi connectivity index (χ0v) is 11.8. The van der Waals surface area contributed by atoms with E-state index in [4.69, 9.17) is 16.3 Å². The van der Waals surface area contributed by atoms with Crippen LogP contribution in [0.5, 0.6) is 0 Å². The molecule has 0 aliphatic carbocycles. The molecule has 5 heteroatoms. The predicted molar refractivity (Wildman–Crippen MR) is 73.0 cm³/mol. The molecule has 0 bridgehead atoms. The van der Waals surface area contributed by atoms with Crippen LogP contribution in [-0.2, 0) is 11.3 Å². The summed E-state index contributed by atoms with van der Waals surface area (Å²) in [7, 11) is 0. The first-order valence-electron chi connectivity index (χ1n) is 6.58. The highest BCUT2D eigenvalue weighted by atomic mass is 35.5. The van der Waals surface area contributed by atoms with Crippen molar-refractivity contribution >= 4 is 17.4 Å². The molecule has 1 saturated heterocycles. The fourth-order valence-electron chi connectivity index (χ4n) is 2.30. The second kappa shape index (κ2) is 6.34. The summed E-state index contributed by atoms with van der Waals surface area (Å²) in [5.74, 6) is 1.59. The highest BCUT2D eigenvalue weighted by molar-refractivity contribution is 6.29. The van der Waals surface area contributed by atoms with Gasteiger partial charge in [-0.2, -0.15) is 0 Å². The summed E-state index contributed by atoms with van der Waals surface area (Å²) in [4.78, 5) is 11.1. The van der Waals surface area contributed by atoms with Crippen LogP contribution in [0.25, 0.3) is 0 Å². The normalized spacial score (nSPS) is 20.2. The third-order valence-electron chi connectivity index (χ3n) is 3.26. The highest BCUT2D eigenvalue weighted by Crippen LogP contribution is 2.24. The van der Waals surface area contributed by atoms with Gasteiger partial charge in [-0.3, -0.25) is 0 Å². The molecule has 1 aliphatic rings. The van der Waals surface area contributed by atoms with Crippen molar-refractivity contribution in [2.24, 2.45) is 0 Å². The third-order valence-corrected chi connectivity index (χ3v) is 3.45. The maximum atomic E-state index is 6.06. The van der Waals surface area contributed by atoms with Gasteiger partial charge in [-0.05, 0) is 33.1 Å². The molecule has 0 radical (unpaired) electrons. The van der Waals surface area contributed by atoms with Gasteiger partial charge in [0.05, 0.1) is 0 Å². The van der Waals surface area contributed by atoms with Crippen LogP contribution in [0, 0.1) is 0 Å². The maximum Gasteiger partial charge on any atom is 0.158 e. The molecule has 1 unspecified atom stereocenters. The standard InChI is InChI=1S/C13H20ClN3O/c1-3-18-9-12-15-11(14)8-13(16-12)17-7-5-4-6-10(17)2/h8,10H,3-7,9H2,1-2H3. The first-order valence-corrected chi connectivity index (χ1v) is 6.96. The Morgan fingerprint density at radius 3 is 3.00 bits per heavy atom. The van der Waals surface area contributed by atoms with Gasteiger partial charge in [0.15, 0.2) is 5.82 Å². The number of halogens is 1. The van der Waals surface area contributed by atoms with Crippen LogP contribution < -0.4 is 4.90 Å². The van der Waals surface area contributed by atoms with Crippen LogP contribution in [0.2, 0.25) is 5.15 Å². The SMILES string of the molecule is CCOCc1nc(Cl)cc(N2CCCCC2C)n1. The zero-order chi connectivity index (χ0) is 13.0. The van der Waals surface area contributed by atoms with Crippen molar-refractivity contribution in [3.63, 3.8) is 0 Å². The van der Waals surface area contributed by atoms with E-state index in [1.807, 2.05) is 13.0 Å². The van der Waals surface area contributed by atoms with Gasteiger partial charge in [-0.15, -0.1) is 0 Å². The van der Waals surface area contributed by atoms with Gasteiger partial charge >= 0.3 is 0 Å². The van der Waals surface area contributed by atoms with Crippen LogP contribution >= 0.6 is 11.6 Å². The molecule has 0 N–H and O–H groups in total. The smallest absolute Gasteiger partial charge is 0.158 e. The Morgan fingerprint density at radius 1 is 1.44 bits per heavy atom. The minimum atomic E-state index is 0.423. The first-order chi connectivity index (χ1) is 8.70. The van der Waals surface area contributed by atoms with Gasteiger partial charge in [0.25, 0.3) is 0 Å². The topological polar surface area (TPSA) is 38.2 Å². The Labute approximate surface area is 113 Å². The molecule has 0 saturated carbocycles. The second-order valence-corrected chi connectivity index (χ2v) is 5.03. The molecule has 0 spiro atoms. The lowest BCUT2D eigenvalue weighted by atomic mass is 10.0. The van der Waals surface area contributed by atoms with E-state index in [-0.39, 0.29) is 0 Å². The second-order valence-electron chi connectivity index (χ2n) is 4.64. The van der Waals surface area contributed by atoms with E-state index in [1.54, 1.807) is 0 Å². The van der Waals surface area contributed by atoms with Crippen LogP contribution in [0.15, 0.2) is 6.07 Å². The summed E-state index contributed by atoms with van der Waals surface area (Å²) in [6.45, 7) is 6.32. The Kier molecular flexibility index (Phi) is 4.78. The number of hydrogen-bond acceptors (Lipinski definition) is 4. The third kappa shape index (κ3) is 3.33. The summed E-state index contributed by atoms with van der Waals surface area (Å²) in [6, 6.07) is 2.36. The predicted octanol–water partition coefficient (Wildman–Crippen LogP) is 3.05. The van der Waals surface area contributed by atoms with Crippen molar-refractivity contribution in [1.29, 1.82) is 0 Å². The summed E-state index contributed by atoms with van der Waals surface area (Å²) >= 11 is 6.06. The average Bonchev–Trinajstić information content (AvgIpc) is 2.36. The fourth-order valence-corrected chi connectivity index (χ4v) is 2.49. The van der Waals surface area contributed by atoms with Gasteiger partial charge in [0.1, 0.15) is 17.6 Å². The zero-order valence-electron chi connectivity index (χ0n) is 11.0. The number of rotatable bonds is 4. The first kappa shape index (κ1) is 13.6. The molecular formula is C13H20ClN3O. The van der Waals surface area contributed by atoms with Gasteiger partial charge in [-0.1, -0.05) is 11.6 Å². The summed E-state index contributed by atoms with van der Waals surface area (Å²) < 4.78 is 5.34. The van der Waals surface area contributed by atoms with Crippen molar-refractivity contribution in [2.75, 3.05) is 18.1 Å². The lowest BCUT2D eigenvalue weighted by Crippen LogP contribution is -2.38. The molecule has 2 rings (SSSR count). The number of ether oxygens (including phenoxy) is 1. The van der Waals surface area contributed by atoms with Crippen molar-refractivity contribution in [1.82, 2.24) is 9.97 Å². The summed E-state index contributed by atoms with van der Waals surface area (Å²) in [5, 5.41) is 0.493. The van der Waals surface area contributed by atoms with Gasteiger partial charge in [0, 0.05) is 25.3 Å². The monoisotopic (exact) mass is 269 g/mol. The molecule has 0 aromatic carbocycles. The number of hydrogen-bond donors (Lipinski definition) is 0. The minimum absolute atomic E-state index is 0.423. The van der Waals surface area contributed by atoms with Crippen LogP contribution in [0.3, 0.4) is 0 Å². The Morgan fingerprint density at radius 2 is 2.28 bits per heavy atom. The molecule has 2 heterocycles. The highest BCUT2D eigenvalue weighted by Gasteiger charge is 2.20. The number of piperidine rings is 1. The van der Waals surface area contributed by atoms with Crippen molar-refractivity contribution in [3.8, 4) is 0 Å². The van der Waals surface area contributed by atoms with Gasteiger partial charge < -0.3 is 9.64 Å². The molecule has 0 amide bonds. The lowest BCUT2D eigenvalue weighted by Gasteiger charge is -2.34. The van der Waals surface area contributed by atoms with Crippen LogP contribution in [-0.4, -0.2) is 29.2 Å². The van der Waals surface area contributed by atoms with Crippen LogP contribution in [0.1, 0.15) is 38.9 Å². The Bertz CT molecular complexity index is 400. The number of nitrogens with zero attached hydrogens (tertiary/aromatic N) is 3. The molecule has 1 aliphatic heterocycles. The van der Waals surface area contributed by atoms with Crippen molar-refractivity contribution < 1.29 is 4.74 Å². The minimum Gasteiger partial charge on any atom is -0.374 e. The fraction of sp³-hybridized carbons (Fsp3) is 0.692. The van der Waals surface area contributed by atoms with Crippen LogP contribution in [0.4, 0.5) is 5.82 Å². The molecule has 18 heavy (non-hydrogen) atoms. The summed E-state index contributed by atoms with van der Waals surface area (Å²) in [5.41, 5.74) is 0. The molecule has 1 atom stereocenters. The van der Waals surface area contributed by atoms with E-state index >= 15 is 0 Å². The van der Waals surface area contributed by atoms with E-state index in [1.165, 1.54) is 19.3 Å². The van der Waals surface area contributed by atoms with E-state index in [0.717, 1.165) is 12.4 Å². The molecular weight excluding hydrogens is 250 g/mol. The maximum absolute atomic E-state index is 6.06.